The molecule has 2 aromatic rings. The molecule has 0 atom stereocenters. The average Bonchev–Trinajstić information content (AvgIpc) is 2.77. The van der Waals surface area contributed by atoms with Gasteiger partial charge in [0.15, 0.2) is 5.78 Å². The topological polar surface area (TPSA) is 89.8 Å². The Labute approximate surface area is 168 Å². The average molecular weight is 394 g/mol. The lowest BCUT2D eigenvalue weighted by atomic mass is 9.89. The summed E-state index contributed by atoms with van der Waals surface area (Å²) in [5.41, 5.74) is 1.39. The first-order valence-corrected chi connectivity index (χ1v) is 9.37. The molecule has 7 nitrogen and oxygen atoms in total. The van der Waals surface area contributed by atoms with Crippen molar-refractivity contribution in [1.29, 1.82) is 0 Å². The zero-order chi connectivity index (χ0) is 20.8. The van der Waals surface area contributed by atoms with Crippen LogP contribution in [0.2, 0.25) is 0 Å². The molecule has 150 valence electrons. The van der Waals surface area contributed by atoms with E-state index in [1.54, 1.807) is 54.5 Å². The molecule has 1 saturated heterocycles. The molecule has 7 heteroatoms. The summed E-state index contributed by atoms with van der Waals surface area (Å²) in [4.78, 5) is 37.0. The predicted octanol–water partition coefficient (Wildman–Crippen LogP) is 3.74. The number of nitrogens with zero attached hydrogens (tertiary/aromatic N) is 2. The number of likely N-dealkylation sites (tertiary alicyclic amines) is 1. The molecule has 29 heavy (non-hydrogen) atoms. The minimum Gasteiger partial charge on any atom is -0.497 e. The summed E-state index contributed by atoms with van der Waals surface area (Å²) >= 11 is 0. The van der Waals surface area contributed by atoms with Gasteiger partial charge in [0.25, 0.3) is 5.69 Å². The fraction of sp³-hybridized carbons (Fsp3) is 0.273. The van der Waals surface area contributed by atoms with Crippen LogP contribution in [0.5, 0.6) is 5.75 Å². The number of amides is 1. The number of nitro benzene ring substituents is 1. The number of non-ortho nitro benzene ring substituents is 1. The van der Waals surface area contributed by atoms with Crippen molar-refractivity contribution in [3.05, 3.63) is 75.8 Å². The Balaban J connectivity index is 1.53. The number of benzene rings is 2. The van der Waals surface area contributed by atoms with Gasteiger partial charge in [0.2, 0.25) is 5.91 Å². The Kier molecular flexibility index (Phi) is 6.39. The highest BCUT2D eigenvalue weighted by Gasteiger charge is 2.27. The summed E-state index contributed by atoms with van der Waals surface area (Å²) in [6.07, 6.45) is 4.36. The number of carbonyl (C=O) groups is 2. The van der Waals surface area contributed by atoms with Crippen LogP contribution < -0.4 is 4.74 Å². The fourth-order valence-electron chi connectivity index (χ4n) is 3.33. The van der Waals surface area contributed by atoms with E-state index < -0.39 is 4.92 Å². The third kappa shape index (κ3) is 5.07. The van der Waals surface area contributed by atoms with Crippen LogP contribution >= 0.6 is 0 Å². The standard InChI is InChI=1S/C22H22N2O5/c1-29-20-9-5-17(6-10-20)22(26)18-12-14-23(15-13-18)21(25)11-4-16-2-7-19(8-3-16)24(27)28/h2-11,18H,12-15H2,1H3/b11-4+. The molecule has 0 radical (unpaired) electrons. The normalized spacial score (nSPS) is 14.7. The van der Waals surface area contributed by atoms with Gasteiger partial charge in [-0.3, -0.25) is 19.7 Å². The zero-order valence-electron chi connectivity index (χ0n) is 16.1. The molecule has 1 heterocycles. The van der Waals surface area contributed by atoms with Crippen molar-refractivity contribution >= 4 is 23.5 Å². The second-order valence-corrected chi connectivity index (χ2v) is 6.87. The van der Waals surface area contributed by atoms with Crippen LogP contribution in [-0.4, -0.2) is 41.7 Å². The van der Waals surface area contributed by atoms with E-state index in [1.807, 2.05) is 0 Å². The Hall–Kier alpha value is -3.48. The molecule has 1 aliphatic heterocycles. The number of hydrogen-bond acceptors (Lipinski definition) is 5. The van der Waals surface area contributed by atoms with Crippen LogP contribution in [0.4, 0.5) is 5.69 Å². The van der Waals surface area contributed by atoms with Gasteiger partial charge in [-0.25, -0.2) is 0 Å². The SMILES string of the molecule is COc1ccc(C(=O)C2CCN(C(=O)/C=C/c3ccc([N+](=O)[O-])cc3)CC2)cc1. The quantitative estimate of drug-likeness (QED) is 0.322. The Morgan fingerprint density at radius 1 is 1.07 bits per heavy atom. The van der Waals surface area contributed by atoms with Gasteiger partial charge in [0.1, 0.15) is 5.75 Å². The van der Waals surface area contributed by atoms with Gasteiger partial charge in [-0.2, -0.15) is 0 Å². The van der Waals surface area contributed by atoms with Gasteiger partial charge in [-0.1, -0.05) is 0 Å². The summed E-state index contributed by atoms with van der Waals surface area (Å²) in [6.45, 7) is 1.05. The predicted molar refractivity (Wildman–Crippen MR) is 109 cm³/mol. The first-order chi connectivity index (χ1) is 14.0. The number of ketones is 1. The third-order valence-electron chi connectivity index (χ3n) is 5.07. The van der Waals surface area contributed by atoms with Gasteiger partial charge in [-0.15, -0.1) is 0 Å². The number of hydrogen-bond donors (Lipinski definition) is 0. The van der Waals surface area contributed by atoms with Crippen molar-refractivity contribution in [2.24, 2.45) is 5.92 Å². The molecule has 1 amide bonds. The molecule has 3 rings (SSSR count). The number of ether oxygens (including phenoxy) is 1. The summed E-state index contributed by atoms with van der Waals surface area (Å²) < 4.78 is 5.11. The maximum absolute atomic E-state index is 12.7. The zero-order valence-corrected chi connectivity index (χ0v) is 16.1. The maximum atomic E-state index is 12.7. The van der Waals surface area contributed by atoms with Crippen molar-refractivity contribution in [3.8, 4) is 5.75 Å². The molecule has 0 spiro atoms. The first-order valence-electron chi connectivity index (χ1n) is 9.37. The lowest BCUT2D eigenvalue weighted by Crippen LogP contribution is -2.39. The molecule has 0 bridgehead atoms. The van der Waals surface area contributed by atoms with E-state index in [1.165, 1.54) is 18.2 Å². The second kappa shape index (κ2) is 9.14. The lowest BCUT2D eigenvalue weighted by molar-refractivity contribution is -0.384. The second-order valence-electron chi connectivity index (χ2n) is 6.87. The monoisotopic (exact) mass is 394 g/mol. The van der Waals surface area contributed by atoms with Crippen LogP contribution in [0, 0.1) is 16.0 Å². The Morgan fingerprint density at radius 2 is 1.69 bits per heavy atom. The van der Waals surface area contributed by atoms with E-state index in [2.05, 4.69) is 0 Å². The van der Waals surface area contributed by atoms with E-state index >= 15 is 0 Å². The minimum absolute atomic E-state index is 0.0112. The summed E-state index contributed by atoms with van der Waals surface area (Å²) in [5, 5.41) is 10.7. The van der Waals surface area contributed by atoms with Gasteiger partial charge < -0.3 is 9.64 Å². The first kappa shape index (κ1) is 20.3. The van der Waals surface area contributed by atoms with Crippen LogP contribution in [0.3, 0.4) is 0 Å². The van der Waals surface area contributed by atoms with Crippen LogP contribution in [0.1, 0.15) is 28.8 Å². The van der Waals surface area contributed by atoms with Gasteiger partial charge in [-0.05, 0) is 60.9 Å². The molecular weight excluding hydrogens is 372 g/mol. The summed E-state index contributed by atoms with van der Waals surface area (Å²) in [6, 6.07) is 13.1. The van der Waals surface area contributed by atoms with Crippen molar-refractivity contribution in [1.82, 2.24) is 4.90 Å². The Morgan fingerprint density at radius 3 is 2.24 bits per heavy atom. The fourth-order valence-corrected chi connectivity index (χ4v) is 3.33. The summed E-state index contributed by atoms with van der Waals surface area (Å²) in [7, 11) is 1.58. The van der Waals surface area contributed by atoms with Crippen molar-refractivity contribution < 1.29 is 19.2 Å². The van der Waals surface area contributed by atoms with Crippen LogP contribution in [0.15, 0.2) is 54.6 Å². The molecule has 0 unspecified atom stereocenters. The number of Topliss-reactive ketones (excluding diaryl/α,β-unsaturated/α-hetero) is 1. The van der Waals surface area contributed by atoms with Crippen molar-refractivity contribution in [2.45, 2.75) is 12.8 Å². The minimum atomic E-state index is -0.462. The number of piperidine rings is 1. The number of nitro groups is 1. The van der Waals surface area contributed by atoms with E-state index in [0.29, 0.717) is 42.8 Å². The Bertz CT molecular complexity index is 911. The van der Waals surface area contributed by atoms with Crippen molar-refractivity contribution in [3.63, 3.8) is 0 Å². The molecule has 0 saturated carbocycles. The number of methoxy groups -OCH3 is 1. The lowest BCUT2D eigenvalue weighted by Gasteiger charge is -2.30. The van der Waals surface area contributed by atoms with Gasteiger partial charge in [0, 0.05) is 42.8 Å². The van der Waals surface area contributed by atoms with Gasteiger partial charge in [0.05, 0.1) is 12.0 Å². The third-order valence-corrected chi connectivity index (χ3v) is 5.07. The smallest absolute Gasteiger partial charge is 0.269 e. The largest absolute Gasteiger partial charge is 0.497 e. The molecule has 1 aliphatic rings. The van der Waals surface area contributed by atoms with E-state index in [-0.39, 0.29) is 23.3 Å². The number of carbonyl (C=O) groups excluding carboxylic acids is 2. The molecule has 2 aromatic carbocycles. The summed E-state index contributed by atoms with van der Waals surface area (Å²) in [5.74, 6) is 0.591. The number of rotatable bonds is 6. The molecule has 0 N–H and O–H groups in total. The molecule has 0 aliphatic carbocycles. The molecular formula is C22H22N2O5. The highest BCUT2D eigenvalue weighted by atomic mass is 16.6. The van der Waals surface area contributed by atoms with Gasteiger partial charge >= 0.3 is 0 Å². The van der Waals surface area contributed by atoms with Crippen LogP contribution in [0.25, 0.3) is 6.08 Å². The highest BCUT2D eigenvalue weighted by Crippen LogP contribution is 2.23. The maximum Gasteiger partial charge on any atom is 0.269 e. The van der Waals surface area contributed by atoms with E-state index in [9.17, 15) is 19.7 Å². The highest BCUT2D eigenvalue weighted by molar-refractivity contribution is 5.98. The van der Waals surface area contributed by atoms with E-state index in [4.69, 9.17) is 4.74 Å². The van der Waals surface area contributed by atoms with Crippen molar-refractivity contribution in [2.75, 3.05) is 20.2 Å². The molecule has 1 fully saturated rings. The van der Waals surface area contributed by atoms with Crippen LogP contribution in [-0.2, 0) is 4.79 Å². The van der Waals surface area contributed by atoms with E-state index in [0.717, 1.165) is 0 Å². The molecule has 0 aromatic heterocycles.